The summed E-state index contributed by atoms with van der Waals surface area (Å²) in [5.41, 5.74) is 2.06. The quantitative estimate of drug-likeness (QED) is 0.525. The zero-order valence-corrected chi connectivity index (χ0v) is 14.2. The number of imidazole rings is 1. The normalized spacial score (nSPS) is 10.7. The first-order valence-corrected chi connectivity index (χ1v) is 7.74. The summed E-state index contributed by atoms with van der Waals surface area (Å²) in [6.45, 7) is 4.03. The highest BCUT2D eigenvalue weighted by Crippen LogP contribution is 2.26. The summed E-state index contributed by atoms with van der Waals surface area (Å²) < 4.78 is 1.56. The molecule has 8 nitrogen and oxygen atoms in total. The summed E-state index contributed by atoms with van der Waals surface area (Å²) in [6.07, 6.45) is 3.22. The summed E-state index contributed by atoms with van der Waals surface area (Å²) in [4.78, 5) is 25.8. The van der Waals surface area contributed by atoms with E-state index in [-0.39, 0.29) is 11.5 Å². The molecule has 0 amide bonds. The van der Waals surface area contributed by atoms with Crippen molar-refractivity contribution >= 4 is 11.6 Å². The third kappa shape index (κ3) is 3.47. The number of hydrogen-bond donors (Lipinski definition) is 0. The average molecular weight is 338 g/mol. The summed E-state index contributed by atoms with van der Waals surface area (Å²) in [5.74, 6) is 0.640. The maximum atomic E-state index is 11.5. The van der Waals surface area contributed by atoms with Gasteiger partial charge in [0, 0.05) is 19.8 Å². The Morgan fingerprint density at radius 1 is 1.20 bits per heavy atom. The van der Waals surface area contributed by atoms with E-state index in [0.717, 1.165) is 11.3 Å². The Labute approximate surface area is 144 Å². The second-order valence-corrected chi connectivity index (χ2v) is 5.80. The molecule has 0 aliphatic heterocycles. The molecule has 0 saturated heterocycles. The van der Waals surface area contributed by atoms with Crippen LogP contribution in [0, 0.1) is 24.0 Å². The lowest BCUT2D eigenvalue weighted by Gasteiger charge is -2.18. The average Bonchev–Trinajstić information content (AvgIpc) is 3.01. The molecule has 0 aliphatic carbocycles. The zero-order valence-electron chi connectivity index (χ0n) is 14.2. The smallest absolute Gasteiger partial charge is 0.333 e. The lowest BCUT2D eigenvalue weighted by Crippen LogP contribution is -2.21. The molecule has 0 unspecified atom stereocenters. The number of nitrogens with zero attached hydrogens (tertiary/aromatic N) is 6. The first-order chi connectivity index (χ1) is 12.0. The van der Waals surface area contributed by atoms with Crippen LogP contribution in [0.25, 0.3) is 5.82 Å². The Hall–Kier alpha value is -3.29. The molecule has 25 heavy (non-hydrogen) atoms. The van der Waals surface area contributed by atoms with Gasteiger partial charge in [-0.1, -0.05) is 30.3 Å². The zero-order chi connectivity index (χ0) is 18.0. The molecule has 8 heteroatoms. The van der Waals surface area contributed by atoms with E-state index in [0.29, 0.717) is 18.2 Å². The van der Waals surface area contributed by atoms with Gasteiger partial charge in [0.2, 0.25) is 11.8 Å². The van der Waals surface area contributed by atoms with E-state index in [9.17, 15) is 10.1 Å². The SMILES string of the molecule is Cc1cn(-c2nc(N(C)Cc3ccccc3)nc(C)c2[N+](=O)[O-])cn1. The minimum atomic E-state index is -0.457. The molecule has 0 spiro atoms. The molecule has 0 bridgehead atoms. The molecule has 0 N–H and O–H groups in total. The van der Waals surface area contributed by atoms with Gasteiger partial charge in [-0.2, -0.15) is 4.98 Å². The second kappa shape index (κ2) is 6.68. The van der Waals surface area contributed by atoms with Crippen LogP contribution in [0.5, 0.6) is 0 Å². The fourth-order valence-electron chi connectivity index (χ4n) is 2.57. The molecule has 2 heterocycles. The second-order valence-electron chi connectivity index (χ2n) is 5.80. The highest BCUT2D eigenvalue weighted by Gasteiger charge is 2.24. The third-order valence-electron chi connectivity index (χ3n) is 3.77. The molecule has 0 aliphatic rings. The monoisotopic (exact) mass is 338 g/mol. The van der Waals surface area contributed by atoms with Crippen molar-refractivity contribution in [3.63, 3.8) is 0 Å². The predicted octanol–water partition coefficient (Wildman–Crippen LogP) is 2.82. The number of hydrogen-bond acceptors (Lipinski definition) is 6. The van der Waals surface area contributed by atoms with Crippen LogP contribution in [0.15, 0.2) is 42.9 Å². The van der Waals surface area contributed by atoms with Crippen molar-refractivity contribution in [2.45, 2.75) is 20.4 Å². The van der Waals surface area contributed by atoms with Crippen molar-refractivity contribution in [1.82, 2.24) is 19.5 Å². The number of benzene rings is 1. The van der Waals surface area contributed by atoms with Crippen molar-refractivity contribution < 1.29 is 4.92 Å². The van der Waals surface area contributed by atoms with Gasteiger partial charge in [-0.05, 0) is 19.4 Å². The standard InChI is InChI=1S/C17H18N6O2/c1-12-9-22(11-18-12)16-15(23(24)25)13(2)19-17(20-16)21(3)10-14-7-5-4-6-8-14/h4-9,11H,10H2,1-3H3. The molecule has 0 saturated carbocycles. The van der Waals surface area contributed by atoms with Crippen LogP contribution in [-0.4, -0.2) is 31.5 Å². The Balaban J connectivity index is 2.03. The molecule has 1 aromatic carbocycles. The molecule has 3 aromatic rings. The van der Waals surface area contributed by atoms with E-state index < -0.39 is 4.92 Å². The summed E-state index contributed by atoms with van der Waals surface area (Å²) in [7, 11) is 1.86. The molecule has 3 rings (SSSR count). The Morgan fingerprint density at radius 3 is 2.52 bits per heavy atom. The summed E-state index contributed by atoms with van der Waals surface area (Å²) in [6, 6.07) is 9.90. The summed E-state index contributed by atoms with van der Waals surface area (Å²) >= 11 is 0. The molecule has 0 atom stereocenters. The van der Waals surface area contributed by atoms with E-state index in [1.807, 2.05) is 49.2 Å². The van der Waals surface area contributed by atoms with Crippen molar-refractivity contribution in [3.8, 4) is 5.82 Å². The first-order valence-electron chi connectivity index (χ1n) is 7.74. The van der Waals surface area contributed by atoms with Gasteiger partial charge < -0.3 is 4.90 Å². The van der Waals surface area contributed by atoms with Crippen LogP contribution in [0.3, 0.4) is 0 Å². The lowest BCUT2D eigenvalue weighted by atomic mass is 10.2. The Morgan fingerprint density at radius 2 is 1.92 bits per heavy atom. The van der Waals surface area contributed by atoms with E-state index in [2.05, 4.69) is 15.0 Å². The highest BCUT2D eigenvalue weighted by atomic mass is 16.6. The maximum Gasteiger partial charge on any atom is 0.333 e. The molecule has 2 aromatic heterocycles. The van der Waals surface area contributed by atoms with Crippen LogP contribution in [0.1, 0.15) is 17.0 Å². The van der Waals surface area contributed by atoms with Gasteiger partial charge in [0.1, 0.15) is 12.0 Å². The number of aryl methyl sites for hydroxylation is 2. The van der Waals surface area contributed by atoms with Gasteiger partial charge >= 0.3 is 5.69 Å². The highest BCUT2D eigenvalue weighted by molar-refractivity contribution is 5.54. The van der Waals surface area contributed by atoms with Gasteiger partial charge in [0.25, 0.3) is 0 Å². The van der Waals surface area contributed by atoms with E-state index >= 15 is 0 Å². The minimum absolute atomic E-state index is 0.116. The number of nitro groups is 1. The van der Waals surface area contributed by atoms with Crippen LogP contribution in [-0.2, 0) is 6.54 Å². The van der Waals surface area contributed by atoms with Gasteiger partial charge in [0.15, 0.2) is 0 Å². The van der Waals surface area contributed by atoms with Crippen molar-refractivity contribution in [2.24, 2.45) is 0 Å². The first kappa shape index (κ1) is 16.6. The van der Waals surface area contributed by atoms with Crippen LogP contribution >= 0.6 is 0 Å². The van der Waals surface area contributed by atoms with Gasteiger partial charge in [0.05, 0.1) is 10.6 Å². The number of rotatable bonds is 5. The number of anilines is 1. The minimum Gasteiger partial charge on any atom is -0.339 e. The third-order valence-corrected chi connectivity index (χ3v) is 3.77. The lowest BCUT2D eigenvalue weighted by molar-refractivity contribution is -0.385. The number of aromatic nitrogens is 4. The predicted molar refractivity (Wildman–Crippen MR) is 93.8 cm³/mol. The van der Waals surface area contributed by atoms with Gasteiger partial charge in [-0.25, -0.2) is 9.97 Å². The van der Waals surface area contributed by atoms with Crippen molar-refractivity contribution in [1.29, 1.82) is 0 Å². The van der Waals surface area contributed by atoms with Crippen molar-refractivity contribution in [3.05, 3.63) is 69.9 Å². The van der Waals surface area contributed by atoms with E-state index in [4.69, 9.17) is 0 Å². The van der Waals surface area contributed by atoms with E-state index in [1.54, 1.807) is 17.7 Å². The topological polar surface area (TPSA) is 90.0 Å². The fraction of sp³-hybridized carbons (Fsp3) is 0.235. The van der Waals surface area contributed by atoms with Gasteiger partial charge in [-0.15, -0.1) is 0 Å². The molecule has 0 fully saturated rings. The molecule has 0 radical (unpaired) electrons. The van der Waals surface area contributed by atoms with Gasteiger partial charge in [-0.3, -0.25) is 14.7 Å². The van der Waals surface area contributed by atoms with Crippen LogP contribution < -0.4 is 4.90 Å². The van der Waals surface area contributed by atoms with Crippen LogP contribution in [0.2, 0.25) is 0 Å². The molecular formula is C17H18N6O2. The maximum absolute atomic E-state index is 11.5. The van der Waals surface area contributed by atoms with E-state index in [1.165, 1.54) is 6.33 Å². The Bertz CT molecular complexity index is 907. The van der Waals surface area contributed by atoms with Crippen molar-refractivity contribution in [2.75, 3.05) is 11.9 Å². The Kier molecular flexibility index (Phi) is 4.42. The fourth-order valence-corrected chi connectivity index (χ4v) is 2.57. The largest absolute Gasteiger partial charge is 0.339 e. The summed E-state index contributed by atoms with van der Waals surface area (Å²) in [5, 5.41) is 11.5. The van der Waals surface area contributed by atoms with Crippen LogP contribution in [0.4, 0.5) is 11.6 Å². The molecular weight excluding hydrogens is 320 g/mol. The molecule has 128 valence electrons.